The predicted molar refractivity (Wildman–Crippen MR) is 67.4 cm³/mol. The molecule has 0 aliphatic carbocycles. The van der Waals surface area contributed by atoms with E-state index in [0.29, 0.717) is 6.42 Å². The summed E-state index contributed by atoms with van der Waals surface area (Å²) < 4.78 is 0. The van der Waals surface area contributed by atoms with Gasteiger partial charge >= 0.3 is 0 Å². The summed E-state index contributed by atoms with van der Waals surface area (Å²) in [5.41, 5.74) is 7.04. The van der Waals surface area contributed by atoms with Gasteiger partial charge in [-0.2, -0.15) is 0 Å². The van der Waals surface area contributed by atoms with E-state index in [1.54, 1.807) is 13.2 Å². The zero-order valence-electron chi connectivity index (χ0n) is 10.6. The minimum Gasteiger partial charge on any atom is -0.359 e. The lowest BCUT2D eigenvalue weighted by Gasteiger charge is -2.08. The van der Waals surface area contributed by atoms with Gasteiger partial charge in [0.2, 0.25) is 5.91 Å². The van der Waals surface area contributed by atoms with Gasteiger partial charge in [-0.05, 0) is 19.8 Å². The number of nitrogens with two attached hydrogens (primary N) is 1. The van der Waals surface area contributed by atoms with E-state index in [9.17, 15) is 4.79 Å². The Labute approximate surface area is 102 Å². The molecule has 1 aromatic heterocycles. The Bertz CT molecular complexity index is 348. The number of aromatic amines is 1. The number of nitrogens with one attached hydrogen (secondary N) is 2. The highest BCUT2D eigenvalue weighted by Crippen LogP contribution is 2.14. The first-order chi connectivity index (χ1) is 8.13. The number of hydrogen-bond donors (Lipinski definition) is 3. The number of imidazole rings is 1. The molecule has 4 N–H and O–H groups in total. The van der Waals surface area contributed by atoms with Crippen molar-refractivity contribution < 1.29 is 4.79 Å². The summed E-state index contributed by atoms with van der Waals surface area (Å²) in [4.78, 5) is 18.3. The zero-order chi connectivity index (χ0) is 12.7. The number of aromatic nitrogens is 2. The van der Waals surface area contributed by atoms with Crippen LogP contribution in [0.5, 0.6) is 0 Å². The zero-order valence-corrected chi connectivity index (χ0v) is 10.6. The highest BCUT2D eigenvalue weighted by atomic mass is 16.1. The Morgan fingerprint density at radius 1 is 1.53 bits per heavy atom. The van der Waals surface area contributed by atoms with E-state index in [4.69, 9.17) is 5.73 Å². The molecule has 0 radical (unpaired) electrons. The summed E-state index contributed by atoms with van der Waals surface area (Å²) in [6, 6.07) is -0.0244. The third-order valence-electron chi connectivity index (χ3n) is 2.77. The average Bonchev–Trinajstić information content (AvgIpc) is 2.75. The average molecular weight is 238 g/mol. The molecule has 1 aromatic rings. The number of carbonyl (C=O) groups excluding carboxylic acids is 1. The van der Waals surface area contributed by atoms with Gasteiger partial charge in [-0.3, -0.25) is 4.79 Å². The molecule has 0 aliphatic rings. The number of H-pyrrole nitrogens is 1. The first-order valence-electron chi connectivity index (χ1n) is 6.11. The molecular weight excluding hydrogens is 216 g/mol. The topological polar surface area (TPSA) is 83.8 Å². The number of amides is 1. The second-order valence-corrected chi connectivity index (χ2v) is 4.33. The SMILES string of the molecule is CNC(=O)CCCCCC(N)c1ncc(C)[nH]1. The van der Waals surface area contributed by atoms with Gasteiger partial charge in [0.15, 0.2) is 0 Å². The molecule has 1 atom stereocenters. The van der Waals surface area contributed by atoms with Crippen molar-refractivity contribution in [2.24, 2.45) is 5.73 Å². The normalized spacial score (nSPS) is 12.4. The molecule has 0 saturated heterocycles. The Kier molecular flexibility index (Phi) is 5.69. The van der Waals surface area contributed by atoms with Crippen LogP contribution in [0.1, 0.15) is 49.7 Å². The summed E-state index contributed by atoms with van der Waals surface area (Å²) in [7, 11) is 1.66. The fraction of sp³-hybridized carbons (Fsp3) is 0.667. The Morgan fingerprint density at radius 3 is 2.88 bits per heavy atom. The fourth-order valence-electron chi connectivity index (χ4n) is 1.71. The van der Waals surface area contributed by atoms with Crippen LogP contribution in [0, 0.1) is 6.92 Å². The lowest BCUT2D eigenvalue weighted by molar-refractivity contribution is -0.120. The minimum atomic E-state index is -0.0244. The van der Waals surface area contributed by atoms with Crippen LogP contribution in [-0.2, 0) is 4.79 Å². The second kappa shape index (κ2) is 7.06. The quantitative estimate of drug-likeness (QED) is 0.628. The molecule has 17 heavy (non-hydrogen) atoms. The summed E-state index contributed by atoms with van der Waals surface area (Å²) >= 11 is 0. The van der Waals surface area contributed by atoms with Crippen molar-refractivity contribution in [1.29, 1.82) is 0 Å². The molecule has 96 valence electrons. The van der Waals surface area contributed by atoms with Gasteiger partial charge in [-0.1, -0.05) is 12.8 Å². The van der Waals surface area contributed by atoms with Crippen molar-refractivity contribution in [2.45, 2.75) is 45.1 Å². The number of carbonyl (C=O) groups is 1. The summed E-state index contributed by atoms with van der Waals surface area (Å²) in [6.07, 6.45) is 6.27. The Balaban J connectivity index is 2.12. The highest BCUT2D eigenvalue weighted by Gasteiger charge is 2.08. The van der Waals surface area contributed by atoms with Crippen molar-refractivity contribution in [2.75, 3.05) is 7.05 Å². The first kappa shape index (κ1) is 13.7. The van der Waals surface area contributed by atoms with Gasteiger partial charge in [-0.15, -0.1) is 0 Å². The van der Waals surface area contributed by atoms with Crippen molar-refractivity contribution in [3.63, 3.8) is 0 Å². The first-order valence-corrected chi connectivity index (χ1v) is 6.11. The molecule has 5 nitrogen and oxygen atoms in total. The smallest absolute Gasteiger partial charge is 0.219 e. The third kappa shape index (κ3) is 4.99. The van der Waals surface area contributed by atoms with Gasteiger partial charge in [0.05, 0.1) is 6.04 Å². The van der Waals surface area contributed by atoms with E-state index in [-0.39, 0.29) is 11.9 Å². The predicted octanol–water partition coefficient (Wildman–Crippen LogP) is 1.41. The third-order valence-corrected chi connectivity index (χ3v) is 2.77. The molecule has 0 fully saturated rings. The maximum atomic E-state index is 11.0. The van der Waals surface area contributed by atoms with E-state index in [2.05, 4.69) is 15.3 Å². The Hall–Kier alpha value is -1.36. The molecular formula is C12H22N4O. The van der Waals surface area contributed by atoms with Crippen LogP contribution < -0.4 is 11.1 Å². The number of unbranched alkanes of at least 4 members (excludes halogenated alkanes) is 2. The molecule has 0 bridgehead atoms. The van der Waals surface area contributed by atoms with E-state index < -0.39 is 0 Å². The molecule has 1 rings (SSSR count). The lowest BCUT2D eigenvalue weighted by Crippen LogP contribution is -2.17. The van der Waals surface area contributed by atoms with Crippen LogP contribution in [0.25, 0.3) is 0 Å². The fourth-order valence-corrected chi connectivity index (χ4v) is 1.71. The molecule has 0 spiro atoms. The highest BCUT2D eigenvalue weighted by molar-refractivity contribution is 5.75. The van der Waals surface area contributed by atoms with Crippen LogP contribution in [-0.4, -0.2) is 22.9 Å². The van der Waals surface area contributed by atoms with Crippen LogP contribution in [0.3, 0.4) is 0 Å². The van der Waals surface area contributed by atoms with Crippen molar-refractivity contribution in [3.05, 3.63) is 17.7 Å². The molecule has 0 aliphatic heterocycles. The van der Waals surface area contributed by atoms with E-state index in [1.165, 1.54) is 0 Å². The number of rotatable bonds is 7. The molecule has 0 saturated carbocycles. The monoisotopic (exact) mass is 238 g/mol. The van der Waals surface area contributed by atoms with Gasteiger partial charge in [0.25, 0.3) is 0 Å². The van der Waals surface area contributed by atoms with Crippen LogP contribution in [0.4, 0.5) is 0 Å². The van der Waals surface area contributed by atoms with Gasteiger partial charge in [0, 0.05) is 25.4 Å². The summed E-state index contributed by atoms with van der Waals surface area (Å²) in [6.45, 7) is 1.96. The minimum absolute atomic E-state index is 0.0244. The van der Waals surface area contributed by atoms with Crippen LogP contribution in [0.2, 0.25) is 0 Å². The van der Waals surface area contributed by atoms with Gasteiger partial charge < -0.3 is 16.0 Å². The summed E-state index contributed by atoms with van der Waals surface area (Å²) in [5, 5.41) is 2.61. The second-order valence-electron chi connectivity index (χ2n) is 4.33. The van der Waals surface area contributed by atoms with Crippen molar-refractivity contribution in [3.8, 4) is 0 Å². The number of hydrogen-bond acceptors (Lipinski definition) is 3. The van der Waals surface area contributed by atoms with E-state index in [0.717, 1.165) is 37.2 Å². The molecule has 1 heterocycles. The van der Waals surface area contributed by atoms with E-state index in [1.807, 2.05) is 6.92 Å². The Morgan fingerprint density at radius 2 is 2.29 bits per heavy atom. The lowest BCUT2D eigenvalue weighted by atomic mass is 10.1. The van der Waals surface area contributed by atoms with Crippen molar-refractivity contribution >= 4 is 5.91 Å². The van der Waals surface area contributed by atoms with Gasteiger partial charge in [0.1, 0.15) is 5.82 Å². The van der Waals surface area contributed by atoms with E-state index >= 15 is 0 Å². The largest absolute Gasteiger partial charge is 0.359 e. The van der Waals surface area contributed by atoms with Gasteiger partial charge in [-0.25, -0.2) is 4.98 Å². The molecule has 5 heteroatoms. The standard InChI is InChI=1S/C12H22N4O/c1-9-8-15-12(16-9)10(13)6-4-3-5-7-11(17)14-2/h8,10H,3-7,13H2,1-2H3,(H,14,17)(H,15,16). The van der Waals surface area contributed by atoms with Crippen LogP contribution in [0.15, 0.2) is 6.20 Å². The maximum absolute atomic E-state index is 11.0. The molecule has 1 unspecified atom stereocenters. The number of nitrogens with zero attached hydrogens (tertiary/aromatic N) is 1. The number of aryl methyl sites for hydroxylation is 1. The van der Waals surface area contributed by atoms with Crippen molar-refractivity contribution in [1.82, 2.24) is 15.3 Å². The van der Waals surface area contributed by atoms with Crippen LogP contribution >= 0.6 is 0 Å². The maximum Gasteiger partial charge on any atom is 0.219 e. The molecule has 1 amide bonds. The molecule has 0 aromatic carbocycles. The summed E-state index contributed by atoms with van der Waals surface area (Å²) in [5.74, 6) is 0.963.